The van der Waals surface area contributed by atoms with Crippen LogP contribution in [0.25, 0.3) is 0 Å². The maximum absolute atomic E-state index is 5.96. The SMILES string of the molecule is COc1ccc2c(c1)C1C=CCC1C(c1ccc(OCc3ccccc3)cc1)N2. The lowest BCUT2D eigenvalue weighted by Gasteiger charge is -2.37. The predicted octanol–water partition coefficient (Wildman–Crippen LogP) is 6.10. The first-order valence-electron chi connectivity index (χ1n) is 10.2. The molecule has 1 aliphatic carbocycles. The van der Waals surface area contributed by atoms with Crippen molar-refractivity contribution in [3.05, 3.63) is 102 Å². The summed E-state index contributed by atoms with van der Waals surface area (Å²) in [5.74, 6) is 2.77. The summed E-state index contributed by atoms with van der Waals surface area (Å²) in [6.07, 6.45) is 5.76. The van der Waals surface area contributed by atoms with Crippen LogP contribution >= 0.6 is 0 Å². The van der Waals surface area contributed by atoms with Crippen molar-refractivity contribution in [2.75, 3.05) is 12.4 Å². The molecule has 1 heterocycles. The van der Waals surface area contributed by atoms with Crippen LogP contribution in [-0.2, 0) is 6.61 Å². The van der Waals surface area contributed by atoms with Crippen molar-refractivity contribution in [3.63, 3.8) is 0 Å². The maximum Gasteiger partial charge on any atom is 0.119 e. The Morgan fingerprint density at radius 2 is 1.72 bits per heavy atom. The van der Waals surface area contributed by atoms with Gasteiger partial charge in [-0.05, 0) is 59.4 Å². The van der Waals surface area contributed by atoms with Crippen molar-refractivity contribution in [3.8, 4) is 11.5 Å². The third kappa shape index (κ3) is 3.49. The van der Waals surface area contributed by atoms with Gasteiger partial charge in [-0.3, -0.25) is 0 Å². The molecule has 3 nitrogen and oxygen atoms in total. The van der Waals surface area contributed by atoms with E-state index in [1.54, 1.807) is 7.11 Å². The fraction of sp³-hybridized carbons (Fsp3) is 0.231. The molecule has 0 aromatic heterocycles. The standard InChI is InChI=1S/C26H25NO2/c1-28-21-14-15-25-24(16-21)22-8-5-9-23(22)26(27-25)19-10-12-20(13-11-19)29-17-18-6-3-2-4-7-18/h2-8,10-16,22-23,26-27H,9,17H2,1H3. The Labute approximate surface area is 172 Å². The molecule has 5 rings (SSSR count). The van der Waals surface area contributed by atoms with E-state index < -0.39 is 0 Å². The third-order valence-electron chi connectivity index (χ3n) is 6.06. The van der Waals surface area contributed by atoms with Gasteiger partial charge in [-0.15, -0.1) is 0 Å². The molecular weight excluding hydrogens is 358 g/mol. The monoisotopic (exact) mass is 383 g/mol. The molecule has 3 heteroatoms. The minimum absolute atomic E-state index is 0.291. The second-order valence-electron chi connectivity index (χ2n) is 7.77. The Morgan fingerprint density at radius 1 is 0.931 bits per heavy atom. The summed E-state index contributed by atoms with van der Waals surface area (Å²) in [6.45, 7) is 0.589. The number of hydrogen-bond acceptors (Lipinski definition) is 3. The second-order valence-corrected chi connectivity index (χ2v) is 7.77. The number of benzene rings is 3. The lowest BCUT2D eigenvalue weighted by atomic mass is 9.77. The number of methoxy groups -OCH3 is 1. The van der Waals surface area contributed by atoms with Crippen molar-refractivity contribution >= 4 is 5.69 Å². The van der Waals surface area contributed by atoms with Crippen LogP contribution in [0, 0.1) is 5.92 Å². The number of rotatable bonds is 5. The minimum atomic E-state index is 0.291. The van der Waals surface area contributed by atoms with Crippen LogP contribution in [0.15, 0.2) is 84.9 Å². The highest BCUT2D eigenvalue weighted by atomic mass is 16.5. The van der Waals surface area contributed by atoms with Crippen LogP contribution < -0.4 is 14.8 Å². The number of allylic oxidation sites excluding steroid dienone is 2. The highest BCUT2D eigenvalue weighted by Gasteiger charge is 2.38. The van der Waals surface area contributed by atoms with Gasteiger partial charge in [-0.1, -0.05) is 54.6 Å². The molecule has 0 spiro atoms. The topological polar surface area (TPSA) is 30.5 Å². The summed E-state index contributed by atoms with van der Waals surface area (Å²) < 4.78 is 11.4. The van der Waals surface area contributed by atoms with Gasteiger partial charge >= 0.3 is 0 Å². The summed E-state index contributed by atoms with van der Waals surface area (Å²) in [6, 6.07) is 25.5. The second kappa shape index (κ2) is 7.67. The Bertz CT molecular complexity index is 1010. The molecule has 0 radical (unpaired) electrons. The van der Waals surface area contributed by atoms with E-state index in [0.717, 1.165) is 17.9 Å². The summed E-state index contributed by atoms with van der Waals surface area (Å²) in [4.78, 5) is 0. The number of fused-ring (bicyclic) bond motifs is 3. The first-order valence-corrected chi connectivity index (χ1v) is 10.2. The molecule has 29 heavy (non-hydrogen) atoms. The average Bonchev–Trinajstić information content (AvgIpc) is 3.28. The van der Waals surface area contributed by atoms with Gasteiger partial charge in [0.1, 0.15) is 18.1 Å². The zero-order valence-corrected chi connectivity index (χ0v) is 16.5. The molecule has 0 saturated heterocycles. The van der Waals surface area contributed by atoms with E-state index >= 15 is 0 Å². The molecule has 3 atom stereocenters. The van der Waals surface area contributed by atoms with Gasteiger partial charge in [0.2, 0.25) is 0 Å². The molecule has 146 valence electrons. The van der Waals surface area contributed by atoms with E-state index in [0.29, 0.717) is 24.5 Å². The zero-order valence-electron chi connectivity index (χ0n) is 16.5. The quantitative estimate of drug-likeness (QED) is 0.540. The largest absolute Gasteiger partial charge is 0.497 e. The van der Waals surface area contributed by atoms with Gasteiger partial charge in [0.15, 0.2) is 0 Å². The van der Waals surface area contributed by atoms with Crippen LogP contribution in [-0.4, -0.2) is 7.11 Å². The number of nitrogens with one attached hydrogen (secondary N) is 1. The molecule has 3 aromatic rings. The van der Waals surface area contributed by atoms with Gasteiger partial charge in [-0.25, -0.2) is 0 Å². The maximum atomic E-state index is 5.96. The third-order valence-corrected chi connectivity index (χ3v) is 6.06. The van der Waals surface area contributed by atoms with Gasteiger partial charge in [-0.2, -0.15) is 0 Å². The lowest BCUT2D eigenvalue weighted by Crippen LogP contribution is -2.29. The van der Waals surface area contributed by atoms with E-state index in [1.165, 1.54) is 22.4 Å². The highest BCUT2D eigenvalue weighted by molar-refractivity contribution is 5.61. The van der Waals surface area contributed by atoms with Gasteiger partial charge < -0.3 is 14.8 Å². The Morgan fingerprint density at radius 3 is 2.52 bits per heavy atom. The minimum Gasteiger partial charge on any atom is -0.497 e. The first-order chi connectivity index (χ1) is 14.3. The molecule has 3 aromatic carbocycles. The van der Waals surface area contributed by atoms with E-state index in [9.17, 15) is 0 Å². The first kappa shape index (κ1) is 17.9. The van der Waals surface area contributed by atoms with Crippen LogP contribution in [0.2, 0.25) is 0 Å². The van der Waals surface area contributed by atoms with E-state index in [1.807, 2.05) is 24.3 Å². The van der Waals surface area contributed by atoms with E-state index in [-0.39, 0.29) is 0 Å². The molecule has 0 amide bonds. The van der Waals surface area contributed by atoms with E-state index in [2.05, 4.69) is 66.0 Å². The van der Waals surface area contributed by atoms with Gasteiger partial charge in [0.05, 0.1) is 13.2 Å². The summed E-state index contributed by atoms with van der Waals surface area (Å²) in [5.41, 5.74) is 5.02. The Hall–Kier alpha value is -3.20. The number of hydrogen-bond donors (Lipinski definition) is 1. The molecule has 0 saturated carbocycles. The van der Waals surface area contributed by atoms with Crippen LogP contribution in [0.5, 0.6) is 11.5 Å². The van der Waals surface area contributed by atoms with E-state index in [4.69, 9.17) is 9.47 Å². The van der Waals surface area contributed by atoms with Crippen LogP contribution in [0.4, 0.5) is 5.69 Å². The molecule has 0 fully saturated rings. The smallest absolute Gasteiger partial charge is 0.119 e. The molecule has 2 aliphatic rings. The fourth-order valence-corrected chi connectivity index (χ4v) is 4.54. The molecule has 0 bridgehead atoms. The molecule has 1 N–H and O–H groups in total. The molecular formula is C26H25NO2. The zero-order chi connectivity index (χ0) is 19.6. The summed E-state index contributed by atoms with van der Waals surface area (Å²) in [7, 11) is 1.73. The molecule has 1 aliphatic heterocycles. The van der Waals surface area contributed by atoms with Crippen molar-refractivity contribution < 1.29 is 9.47 Å². The van der Waals surface area contributed by atoms with Gasteiger partial charge in [0.25, 0.3) is 0 Å². The lowest BCUT2D eigenvalue weighted by molar-refractivity contribution is 0.306. The predicted molar refractivity (Wildman–Crippen MR) is 117 cm³/mol. The van der Waals surface area contributed by atoms with Gasteiger partial charge in [0, 0.05) is 11.6 Å². The average molecular weight is 383 g/mol. The highest BCUT2D eigenvalue weighted by Crippen LogP contribution is 2.50. The molecule has 3 unspecified atom stereocenters. The summed E-state index contributed by atoms with van der Waals surface area (Å²) >= 11 is 0. The Balaban J connectivity index is 1.35. The van der Waals surface area contributed by atoms with Crippen molar-refractivity contribution in [2.24, 2.45) is 5.92 Å². The van der Waals surface area contributed by atoms with Crippen LogP contribution in [0.1, 0.15) is 35.1 Å². The van der Waals surface area contributed by atoms with Crippen molar-refractivity contribution in [1.29, 1.82) is 0 Å². The Kier molecular flexibility index (Phi) is 4.73. The van der Waals surface area contributed by atoms with Crippen molar-refractivity contribution in [1.82, 2.24) is 0 Å². The summed E-state index contributed by atoms with van der Waals surface area (Å²) in [5, 5.41) is 3.78. The number of anilines is 1. The number of ether oxygens (including phenoxy) is 2. The fourth-order valence-electron chi connectivity index (χ4n) is 4.54. The van der Waals surface area contributed by atoms with Crippen molar-refractivity contribution in [2.45, 2.75) is 25.0 Å². The normalized spacial score (nSPS) is 21.8. The van der Waals surface area contributed by atoms with Crippen LogP contribution in [0.3, 0.4) is 0 Å².